The minimum absolute atomic E-state index is 0.00518. The van der Waals surface area contributed by atoms with Crippen molar-refractivity contribution in [2.24, 2.45) is 5.92 Å². The first kappa shape index (κ1) is 24.8. The molecule has 0 bridgehead atoms. The van der Waals surface area contributed by atoms with E-state index in [4.69, 9.17) is 4.42 Å². The quantitative estimate of drug-likeness (QED) is 0.314. The van der Waals surface area contributed by atoms with Gasteiger partial charge < -0.3 is 14.6 Å². The Morgan fingerprint density at radius 1 is 1.00 bits per heavy atom. The van der Waals surface area contributed by atoms with Crippen molar-refractivity contribution in [1.82, 2.24) is 15.2 Å². The molecule has 1 N–H and O–H groups in total. The summed E-state index contributed by atoms with van der Waals surface area (Å²) in [6, 6.07) is 23.8. The van der Waals surface area contributed by atoms with E-state index in [9.17, 15) is 9.59 Å². The van der Waals surface area contributed by atoms with Crippen molar-refractivity contribution in [1.29, 1.82) is 0 Å². The first-order chi connectivity index (χ1) is 18.0. The third kappa shape index (κ3) is 6.26. The summed E-state index contributed by atoms with van der Waals surface area (Å²) in [5.74, 6) is 0.983. The monoisotopic (exact) mass is 495 g/mol. The van der Waals surface area contributed by atoms with E-state index in [1.165, 1.54) is 11.1 Å². The zero-order chi connectivity index (χ0) is 25.6. The van der Waals surface area contributed by atoms with E-state index in [0.717, 1.165) is 31.2 Å². The topological polar surface area (TPSA) is 75.4 Å². The van der Waals surface area contributed by atoms with Gasteiger partial charge in [0, 0.05) is 37.2 Å². The van der Waals surface area contributed by atoms with Crippen molar-refractivity contribution in [3.05, 3.63) is 89.5 Å². The average molecular weight is 496 g/mol. The number of amides is 2. The fourth-order valence-corrected chi connectivity index (χ4v) is 4.90. The predicted octanol–water partition coefficient (Wildman–Crippen LogP) is 5.79. The van der Waals surface area contributed by atoms with Crippen LogP contribution < -0.4 is 5.32 Å². The molecule has 6 nitrogen and oxygen atoms in total. The van der Waals surface area contributed by atoms with Crippen LogP contribution in [-0.4, -0.2) is 41.3 Å². The molecule has 1 saturated heterocycles. The van der Waals surface area contributed by atoms with Crippen LogP contribution in [0.1, 0.15) is 47.2 Å². The molecule has 0 spiro atoms. The van der Waals surface area contributed by atoms with Gasteiger partial charge in [0.25, 0.3) is 5.91 Å². The molecule has 1 fully saturated rings. The molecule has 190 valence electrons. The van der Waals surface area contributed by atoms with Crippen LogP contribution in [0.3, 0.4) is 0 Å². The standard InChI is InChI=1S/C31H33N3O3/c1-22-9-11-25(12-10-22)30-33-27-21-26(13-14-28(27)37-30)31(36)34-18-15-24(16-19-34)20-29(35)32-17-5-8-23-6-3-2-4-7-23/h2-4,6-7,9-14,21,24H,5,8,15-20H2,1H3,(H,32,35). The van der Waals surface area contributed by atoms with E-state index in [-0.39, 0.29) is 11.8 Å². The molecule has 2 heterocycles. The van der Waals surface area contributed by atoms with E-state index in [1.54, 1.807) is 0 Å². The number of fused-ring (bicyclic) bond motifs is 1. The van der Waals surface area contributed by atoms with Gasteiger partial charge in [-0.15, -0.1) is 0 Å². The average Bonchev–Trinajstić information content (AvgIpc) is 3.36. The maximum absolute atomic E-state index is 13.2. The lowest BCUT2D eigenvalue weighted by molar-refractivity contribution is -0.122. The van der Waals surface area contributed by atoms with E-state index < -0.39 is 0 Å². The second kappa shape index (κ2) is 11.4. The first-order valence-corrected chi connectivity index (χ1v) is 13.1. The summed E-state index contributed by atoms with van der Waals surface area (Å²) in [4.78, 5) is 32.1. The molecule has 37 heavy (non-hydrogen) atoms. The lowest BCUT2D eigenvalue weighted by atomic mass is 9.93. The number of aryl methyl sites for hydroxylation is 2. The zero-order valence-electron chi connectivity index (χ0n) is 21.3. The van der Waals surface area contributed by atoms with Gasteiger partial charge in [-0.1, -0.05) is 48.0 Å². The van der Waals surface area contributed by atoms with Gasteiger partial charge in [-0.3, -0.25) is 9.59 Å². The molecule has 0 aliphatic carbocycles. The first-order valence-electron chi connectivity index (χ1n) is 13.1. The molecule has 2 amide bonds. The number of likely N-dealkylation sites (tertiary alicyclic amines) is 1. The molecule has 0 radical (unpaired) electrons. The van der Waals surface area contributed by atoms with Crippen molar-refractivity contribution in [3.8, 4) is 11.5 Å². The van der Waals surface area contributed by atoms with Crippen molar-refractivity contribution in [3.63, 3.8) is 0 Å². The zero-order valence-corrected chi connectivity index (χ0v) is 21.3. The highest BCUT2D eigenvalue weighted by atomic mass is 16.3. The molecule has 1 aliphatic heterocycles. The Morgan fingerprint density at radius 3 is 2.51 bits per heavy atom. The van der Waals surface area contributed by atoms with Crippen LogP contribution in [0, 0.1) is 12.8 Å². The summed E-state index contributed by atoms with van der Waals surface area (Å²) in [5.41, 5.74) is 5.35. The molecule has 3 aromatic carbocycles. The highest BCUT2D eigenvalue weighted by molar-refractivity contribution is 5.97. The summed E-state index contributed by atoms with van der Waals surface area (Å²) < 4.78 is 5.91. The minimum atomic E-state index is 0.00518. The summed E-state index contributed by atoms with van der Waals surface area (Å²) in [7, 11) is 0. The predicted molar refractivity (Wildman–Crippen MR) is 145 cm³/mol. The number of carbonyl (C=O) groups is 2. The van der Waals surface area contributed by atoms with Crippen LogP contribution in [0.4, 0.5) is 0 Å². The summed E-state index contributed by atoms with van der Waals surface area (Å²) in [5, 5.41) is 3.06. The highest BCUT2D eigenvalue weighted by Gasteiger charge is 2.25. The van der Waals surface area contributed by atoms with Gasteiger partial charge in [-0.25, -0.2) is 4.98 Å². The van der Waals surface area contributed by atoms with Gasteiger partial charge in [0.1, 0.15) is 5.52 Å². The number of benzene rings is 3. The molecule has 5 rings (SSSR count). The fourth-order valence-electron chi connectivity index (χ4n) is 4.90. The molecule has 4 aromatic rings. The Kier molecular flexibility index (Phi) is 7.64. The normalized spacial score (nSPS) is 14.1. The van der Waals surface area contributed by atoms with Crippen molar-refractivity contribution >= 4 is 22.9 Å². The van der Waals surface area contributed by atoms with E-state index in [2.05, 4.69) is 22.4 Å². The molecule has 0 saturated carbocycles. The van der Waals surface area contributed by atoms with Gasteiger partial charge in [0.05, 0.1) is 0 Å². The second-order valence-electron chi connectivity index (χ2n) is 9.95. The number of rotatable bonds is 8. The summed E-state index contributed by atoms with van der Waals surface area (Å²) in [6.45, 7) is 4.06. The Morgan fingerprint density at radius 2 is 1.76 bits per heavy atom. The number of piperidine rings is 1. The number of hydrogen-bond donors (Lipinski definition) is 1. The maximum atomic E-state index is 13.2. The van der Waals surface area contributed by atoms with Crippen molar-refractivity contribution in [2.75, 3.05) is 19.6 Å². The van der Waals surface area contributed by atoms with E-state index in [1.807, 2.05) is 72.5 Å². The fraction of sp³-hybridized carbons (Fsp3) is 0.323. The van der Waals surface area contributed by atoms with Gasteiger partial charge in [-0.2, -0.15) is 0 Å². The number of carbonyl (C=O) groups excluding carboxylic acids is 2. The van der Waals surface area contributed by atoms with Crippen molar-refractivity contribution in [2.45, 2.75) is 39.0 Å². The number of nitrogens with one attached hydrogen (secondary N) is 1. The van der Waals surface area contributed by atoms with Gasteiger partial charge in [-0.05, 0) is 74.4 Å². The second-order valence-corrected chi connectivity index (χ2v) is 9.95. The molecule has 0 atom stereocenters. The molecule has 1 aromatic heterocycles. The lowest BCUT2D eigenvalue weighted by Crippen LogP contribution is -2.39. The minimum Gasteiger partial charge on any atom is -0.436 e. The maximum Gasteiger partial charge on any atom is 0.253 e. The Labute approximate surface area is 217 Å². The highest BCUT2D eigenvalue weighted by Crippen LogP contribution is 2.27. The van der Waals surface area contributed by atoms with Crippen LogP contribution in [0.2, 0.25) is 0 Å². The van der Waals surface area contributed by atoms with Gasteiger partial charge in [0.15, 0.2) is 5.58 Å². The SMILES string of the molecule is Cc1ccc(-c2nc3cc(C(=O)N4CCC(CC(=O)NCCCc5ccccc5)CC4)ccc3o2)cc1. The van der Waals surface area contributed by atoms with Crippen LogP contribution in [0.25, 0.3) is 22.6 Å². The molecular weight excluding hydrogens is 462 g/mol. The van der Waals surface area contributed by atoms with Crippen molar-refractivity contribution < 1.29 is 14.0 Å². The Hall–Kier alpha value is -3.93. The third-order valence-corrected chi connectivity index (χ3v) is 7.12. The van der Waals surface area contributed by atoms with Gasteiger partial charge in [0.2, 0.25) is 11.8 Å². The Bertz CT molecular complexity index is 1350. The van der Waals surface area contributed by atoms with E-state index >= 15 is 0 Å². The van der Waals surface area contributed by atoms with Gasteiger partial charge >= 0.3 is 0 Å². The molecule has 0 unspecified atom stereocenters. The lowest BCUT2D eigenvalue weighted by Gasteiger charge is -2.31. The molecular formula is C31H33N3O3. The van der Waals surface area contributed by atoms with Crippen LogP contribution in [0.5, 0.6) is 0 Å². The number of oxazole rings is 1. The summed E-state index contributed by atoms with van der Waals surface area (Å²) in [6.07, 6.45) is 4.11. The van der Waals surface area contributed by atoms with Crippen LogP contribution >= 0.6 is 0 Å². The largest absolute Gasteiger partial charge is 0.436 e. The molecule has 1 aliphatic rings. The smallest absolute Gasteiger partial charge is 0.253 e. The van der Waals surface area contributed by atoms with Crippen LogP contribution in [0.15, 0.2) is 77.2 Å². The third-order valence-electron chi connectivity index (χ3n) is 7.12. The molecule has 6 heteroatoms. The Balaban J connectivity index is 1.09. The number of hydrogen-bond acceptors (Lipinski definition) is 4. The number of aromatic nitrogens is 1. The number of nitrogens with zero attached hydrogens (tertiary/aromatic N) is 2. The summed E-state index contributed by atoms with van der Waals surface area (Å²) >= 11 is 0. The van der Waals surface area contributed by atoms with E-state index in [0.29, 0.717) is 54.5 Å². The van der Waals surface area contributed by atoms with Crippen LogP contribution in [-0.2, 0) is 11.2 Å².